The maximum Gasteiger partial charge on any atom is 0.410 e. The normalized spacial score (nSPS) is 11.1. The van der Waals surface area contributed by atoms with Gasteiger partial charge in [-0.15, -0.1) is 0 Å². The molecule has 0 unspecified atom stereocenters. The van der Waals surface area contributed by atoms with Gasteiger partial charge in [0.05, 0.1) is 12.7 Å². The molecule has 0 spiro atoms. The summed E-state index contributed by atoms with van der Waals surface area (Å²) in [4.78, 5) is 25.0. The Morgan fingerprint density at radius 1 is 0.929 bits per heavy atom. The smallest absolute Gasteiger partial charge is 0.410 e. The van der Waals surface area contributed by atoms with E-state index in [0.29, 0.717) is 6.54 Å². The van der Waals surface area contributed by atoms with Gasteiger partial charge in [0.15, 0.2) is 0 Å². The predicted octanol–water partition coefficient (Wildman–Crippen LogP) is 4.46. The molecule has 0 saturated heterocycles. The van der Waals surface area contributed by atoms with Gasteiger partial charge in [-0.05, 0) is 59.9 Å². The molecule has 0 saturated carbocycles. The number of hydrogen-bond acceptors (Lipinski definition) is 5. The van der Waals surface area contributed by atoms with Crippen LogP contribution in [0.5, 0.6) is 0 Å². The lowest BCUT2D eigenvalue weighted by Gasteiger charge is -2.26. The SMILES string of the molecule is COC(=O)CN(CCCc1ccccc1)C(=O)OC(C)(C)C.COC(C)(C)C. The lowest BCUT2D eigenvalue weighted by Crippen LogP contribution is -2.40. The molecule has 1 rings (SSSR count). The minimum atomic E-state index is -0.592. The Labute approximate surface area is 170 Å². The summed E-state index contributed by atoms with van der Waals surface area (Å²) in [7, 11) is 3.01. The van der Waals surface area contributed by atoms with E-state index < -0.39 is 17.7 Å². The van der Waals surface area contributed by atoms with E-state index in [1.807, 2.05) is 51.1 Å². The van der Waals surface area contributed by atoms with Crippen molar-refractivity contribution in [1.29, 1.82) is 0 Å². The van der Waals surface area contributed by atoms with Gasteiger partial charge in [-0.25, -0.2) is 4.79 Å². The van der Waals surface area contributed by atoms with Gasteiger partial charge in [0.1, 0.15) is 12.1 Å². The van der Waals surface area contributed by atoms with Crippen molar-refractivity contribution < 1.29 is 23.8 Å². The molecule has 0 heterocycles. The summed E-state index contributed by atoms with van der Waals surface area (Å²) < 4.78 is 14.9. The zero-order valence-corrected chi connectivity index (χ0v) is 18.7. The molecule has 1 aromatic rings. The van der Waals surface area contributed by atoms with Gasteiger partial charge in [0, 0.05) is 13.7 Å². The quantitative estimate of drug-likeness (QED) is 0.665. The number of carbonyl (C=O) groups is 2. The molecule has 160 valence electrons. The molecule has 0 aromatic heterocycles. The van der Waals surface area contributed by atoms with E-state index in [1.54, 1.807) is 27.9 Å². The number of methoxy groups -OCH3 is 2. The Balaban J connectivity index is 0.00000105. The van der Waals surface area contributed by atoms with Crippen molar-refractivity contribution in [2.75, 3.05) is 27.3 Å². The van der Waals surface area contributed by atoms with E-state index in [2.05, 4.69) is 4.74 Å². The van der Waals surface area contributed by atoms with Crippen molar-refractivity contribution >= 4 is 12.1 Å². The molecule has 0 radical (unpaired) electrons. The van der Waals surface area contributed by atoms with Crippen LogP contribution in [0.2, 0.25) is 0 Å². The lowest BCUT2D eigenvalue weighted by atomic mass is 10.1. The molecule has 0 aliphatic heterocycles. The van der Waals surface area contributed by atoms with Gasteiger partial charge in [-0.1, -0.05) is 30.3 Å². The molecule has 6 heteroatoms. The van der Waals surface area contributed by atoms with E-state index >= 15 is 0 Å². The first-order valence-electron chi connectivity index (χ1n) is 9.52. The Bertz CT molecular complexity index is 573. The second-order valence-corrected chi connectivity index (χ2v) is 8.38. The number of ether oxygens (including phenoxy) is 3. The molecule has 0 fully saturated rings. The highest BCUT2D eigenvalue weighted by Gasteiger charge is 2.23. The third-order valence-corrected chi connectivity index (χ3v) is 3.55. The van der Waals surface area contributed by atoms with E-state index in [1.165, 1.54) is 17.6 Å². The average molecular weight is 396 g/mol. The van der Waals surface area contributed by atoms with Crippen molar-refractivity contribution in [1.82, 2.24) is 4.90 Å². The maximum atomic E-state index is 12.1. The van der Waals surface area contributed by atoms with E-state index in [0.717, 1.165) is 12.8 Å². The van der Waals surface area contributed by atoms with Crippen LogP contribution >= 0.6 is 0 Å². The molecule has 0 bridgehead atoms. The van der Waals surface area contributed by atoms with Gasteiger partial charge >= 0.3 is 12.1 Å². The highest BCUT2D eigenvalue weighted by Crippen LogP contribution is 2.11. The van der Waals surface area contributed by atoms with Gasteiger partial charge in [-0.3, -0.25) is 9.69 Å². The molecule has 0 aliphatic carbocycles. The third kappa shape index (κ3) is 14.0. The summed E-state index contributed by atoms with van der Waals surface area (Å²) in [6.45, 7) is 11.8. The van der Waals surface area contributed by atoms with Crippen molar-refractivity contribution in [3.05, 3.63) is 35.9 Å². The Kier molecular flexibility index (Phi) is 11.5. The zero-order valence-electron chi connectivity index (χ0n) is 18.7. The number of amides is 1. The number of carbonyl (C=O) groups excluding carboxylic acids is 2. The third-order valence-electron chi connectivity index (χ3n) is 3.55. The number of hydrogen-bond donors (Lipinski definition) is 0. The van der Waals surface area contributed by atoms with Crippen molar-refractivity contribution in [2.45, 2.75) is 65.6 Å². The van der Waals surface area contributed by atoms with Crippen molar-refractivity contribution in [3.8, 4) is 0 Å². The number of benzene rings is 1. The standard InChI is InChI=1S/C17H25NO4.C5H12O/c1-17(2,3)22-16(20)18(13-15(19)21-4)12-8-11-14-9-6-5-7-10-14;1-5(2,3)6-4/h5-7,9-10H,8,11-13H2,1-4H3;1-4H3. The molecular formula is C22H37NO5. The molecular weight excluding hydrogens is 358 g/mol. The lowest BCUT2D eigenvalue weighted by molar-refractivity contribution is -0.141. The summed E-state index contributed by atoms with van der Waals surface area (Å²) in [5.41, 5.74) is 0.648. The molecule has 0 aliphatic rings. The number of nitrogens with zero attached hydrogens (tertiary/aromatic N) is 1. The van der Waals surface area contributed by atoms with Crippen LogP contribution in [0.15, 0.2) is 30.3 Å². The van der Waals surface area contributed by atoms with Gasteiger partial charge in [0.25, 0.3) is 0 Å². The van der Waals surface area contributed by atoms with E-state index in [9.17, 15) is 9.59 Å². The molecule has 0 N–H and O–H groups in total. The largest absolute Gasteiger partial charge is 0.468 e. The fourth-order valence-corrected chi connectivity index (χ4v) is 1.90. The fourth-order valence-electron chi connectivity index (χ4n) is 1.90. The molecule has 6 nitrogen and oxygen atoms in total. The Morgan fingerprint density at radius 2 is 1.46 bits per heavy atom. The Morgan fingerprint density at radius 3 is 1.89 bits per heavy atom. The van der Waals surface area contributed by atoms with Crippen LogP contribution in [0, 0.1) is 0 Å². The first kappa shape index (κ1) is 25.9. The summed E-state index contributed by atoms with van der Waals surface area (Å²) in [5, 5.41) is 0. The molecule has 1 amide bonds. The maximum absolute atomic E-state index is 12.1. The van der Waals surface area contributed by atoms with Crippen LogP contribution in [0.3, 0.4) is 0 Å². The van der Waals surface area contributed by atoms with Crippen LogP contribution in [-0.2, 0) is 25.4 Å². The second-order valence-electron chi connectivity index (χ2n) is 8.38. The Hall–Kier alpha value is -2.08. The summed E-state index contributed by atoms with van der Waals surface area (Å²) in [6, 6.07) is 10.0. The van der Waals surface area contributed by atoms with Crippen molar-refractivity contribution in [2.24, 2.45) is 0 Å². The predicted molar refractivity (Wildman–Crippen MR) is 111 cm³/mol. The first-order chi connectivity index (χ1) is 12.9. The first-order valence-corrected chi connectivity index (χ1v) is 9.52. The van der Waals surface area contributed by atoms with Crippen LogP contribution in [0.1, 0.15) is 53.5 Å². The average Bonchev–Trinajstić information content (AvgIpc) is 2.60. The van der Waals surface area contributed by atoms with Gasteiger partial charge < -0.3 is 14.2 Å². The minimum Gasteiger partial charge on any atom is -0.468 e. The van der Waals surface area contributed by atoms with Crippen LogP contribution in [0.4, 0.5) is 4.79 Å². The molecule has 0 atom stereocenters. The summed E-state index contributed by atoms with van der Waals surface area (Å²) in [6.07, 6.45) is 1.09. The monoisotopic (exact) mass is 395 g/mol. The highest BCUT2D eigenvalue weighted by atomic mass is 16.6. The summed E-state index contributed by atoms with van der Waals surface area (Å²) in [5.74, 6) is -0.453. The van der Waals surface area contributed by atoms with Crippen LogP contribution < -0.4 is 0 Å². The number of rotatable bonds is 6. The van der Waals surface area contributed by atoms with E-state index in [4.69, 9.17) is 9.47 Å². The van der Waals surface area contributed by atoms with Gasteiger partial charge in [-0.2, -0.15) is 0 Å². The van der Waals surface area contributed by atoms with E-state index in [-0.39, 0.29) is 12.1 Å². The molecule has 1 aromatic carbocycles. The molecule has 28 heavy (non-hydrogen) atoms. The second kappa shape index (κ2) is 12.4. The zero-order chi connectivity index (χ0) is 21.8. The van der Waals surface area contributed by atoms with Crippen LogP contribution in [0.25, 0.3) is 0 Å². The van der Waals surface area contributed by atoms with Gasteiger partial charge in [0.2, 0.25) is 0 Å². The van der Waals surface area contributed by atoms with Crippen LogP contribution in [-0.4, -0.2) is 55.5 Å². The van der Waals surface area contributed by atoms with Crippen molar-refractivity contribution in [3.63, 3.8) is 0 Å². The number of aryl methyl sites for hydroxylation is 1. The minimum absolute atomic E-state index is 0.0417. The number of esters is 1. The highest BCUT2D eigenvalue weighted by molar-refractivity contribution is 5.78. The topological polar surface area (TPSA) is 65.1 Å². The summed E-state index contributed by atoms with van der Waals surface area (Å²) >= 11 is 0. The fraction of sp³-hybridized carbons (Fsp3) is 0.636.